The summed E-state index contributed by atoms with van der Waals surface area (Å²) in [6.45, 7) is 2.95. The topological polar surface area (TPSA) is 37.6 Å². The highest BCUT2D eigenvalue weighted by Crippen LogP contribution is 1.98. The molecule has 0 aliphatic carbocycles. The van der Waals surface area contributed by atoms with Gasteiger partial charge in [0, 0.05) is 25.7 Å². The van der Waals surface area contributed by atoms with Gasteiger partial charge in [0.15, 0.2) is 0 Å². The molecule has 0 amide bonds. The summed E-state index contributed by atoms with van der Waals surface area (Å²) >= 11 is 0. The van der Waals surface area contributed by atoms with E-state index in [0.29, 0.717) is 0 Å². The lowest BCUT2D eigenvalue weighted by Crippen LogP contribution is -2.48. The molecule has 1 unspecified atom stereocenters. The zero-order valence-corrected chi connectivity index (χ0v) is 5.75. The Kier molecular flexibility index (Phi) is 2.45. The van der Waals surface area contributed by atoms with Crippen molar-refractivity contribution in [3.05, 3.63) is 0 Å². The minimum Gasteiger partial charge on any atom is -0.395 e. The maximum Gasteiger partial charge on any atom is 0.0599 e. The van der Waals surface area contributed by atoms with E-state index in [2.05, 4.69) is 10.2 Å². The van der Waals surface area contributed by atoms with Gasteiger partial charge in [0.2, 0.25) is 0 Å². The fraction of sp³-hybridized carbons (Fsp3) is 1.00. The van der Waals surface area contributed by atoms with Crippen LogP contribution < -0.4 is 5.32 Å². The predicted molar refractivity (Wildman–Crippen MR) is 35.4 cm³/mol. The average Bonchev–Trinajstić information content (AvgIpc) is 1.89. The van der Waals surface area contributed by atoms with Crippen molar-refractivity contribution >= 4 is 0 Å². The van der Waals surface area contributed by atoms with Gasteiger partial charge in [-0.2, -0.15) is 0 Å². The molecule has 3 heteroatoms. The summed E-state index contributed by atoms with van der Waals surface area (Å²) in [5.41, 5.74) is 0. The third kappa shape index (κ3) is 1.64. The van der Waals surface area contributed by atoms with Crippen molar-refractivity contribution in [1.29, 1.82) is 0 Å². The normalized spacial score (nSPS) is 30.7. The van der Waals surface area contributed by atoms with Gasteiger partial charge in [0.25, 0.3) is 0 Å². The molecule has 1 atom stereocenters. The van der Waals surface area contributed by atoms with Crippen LogP contribution in [-0.4, -0.2) is 49.3 Å². The van der Waals surface area contributed by atoms with Crippen LogP contribution in [0.25, 0.3) is 0 Å². The average molecular weight is 129 g/mol. The predicted octanol–water partition coefficient (Wildman–Crippen LogP) is -1.10. The molecule has 0 aromatic carbocycles. The highest BCUT2D eigenvalue weighted by atomic mass is 16.3. The highest BCUT2D eigenvalue weighted by Gasteiger charge is 2.17. The maximum absolute atomic E-state index is 8.76. The first kappa shape index (κ1) is 6.99. The smallest absolute Gasteiger partial charge is 0.0599 e. The van der Waals surface area contributed by atoms with Crippen LogP contribution in [0, 0.1) is 0 Å². The molecule has 1 aliphatic heterocycles. The number of hydrogen-bond acceptors (Lipinski definition) is 2. The minimum atomic E-state index is 0.236. The van der Waals surface area contributed by atoms with Gasteiger partial charge in [-0.1, -0.05) is 0 Å². The molecule has 1 heterocycles. The second-order valence-electron chi connectivity index (χ2n) is 2.45. The van der Waals surface area contributed by atoms with E-state index in [1.807, 2.05) is 7.05 Å². The molecule has 9 heavy (non-hydrogen) atoms. The van der Waals surface area contributed by atoms with Gasteiger partial charge in [0.05, 0.1) is 6.61 Å². The molecule has 0 aromatic rings. The molecule has 0 bridgehead atoms. The Morgan fingerprint density at radius 2 is 2.56 bits per heavy atom. The van der Waals surface area contributed by atoms with Gasteiger partial charge in [0.1, 0.15) is 0 Å². The molecule has 1 aliphatic rings. The van der Waals surface area contributed by atoms with Crippen molar-refractivity contribution in [1.82, 2.24) is 10.2 Å². The number of aliphatic hydroxyl groups is 1. The van der Waals surface area contributed by atoms with Crippen LogP contribution in [0.2, 0.25) is 0 Å². The fourth-order valence-corrected chi connectivity index (χ4v) is 0.988. The van der Waals surface area contributed by atoms with Gasteiger partial charge in [-0.25, -0.2) is 5.32 Å². The second-order valence-corrected chi connectivity index (χ2v) is 2.45. The lowest BCUT2D eigenvalue weighted by atomic mass is 10.2. The fourth-order valence-electron chi connectivity index (χ4n) is 0.988. The van der Waals surface area contributed by atoms with Crippen molar-refractivity contribution < 1.29 is 5.11 Å². The van der Waals surface area contributed by atoms with Crippen molar-refractivity contribution in [2.24, 2.45) is 0 Å². The largest absolute Gasteiger partial charge is 0.395 e. The molecule has 1 saturated heterocycles. The van der Waals surface area contributed by atoms with Gasteiger partial charge >= 0.3 is 0 Å². The molecular formula is C6H13N2O. The Morgan fingerprint density at radius 1 is 1.78 bits per heavy atom. The third-order valence-electron chi connectivity index (χ3n) is 1.78. The van der Waals surface area contributed by atoms with Crippen molar-refractivity contribution in [3.8, 4) is 0 Å². The zero-order chi connectivity index (χ0) is 6.69. The number of likely N-dealkylation sites (N-methyl/N-ethyl adjacent to an activating group) is 1. The maximum atomic E-state index is 8.76. The van der Waals surface area contributed by atoms with Crippen LogP contribution in [0.1, 0.15) is 0 Å². The van der Waals surface area contributed by atoms with Crippen LogP contribution >= 0.6 is 0 Å². The van der Waals surface area contributed by atoms with E-state index < -0.39 is 0 Å². The summed E-state index contributed by atoms with van der Waals surface area (Å²) in [5.74, 6) is 0. The zero-order valence-electron chi connectivity index (χ0n) is 5.75. The molecular weight excluding hydrogens is 116 g/mol. The summed E-state index contributed by atoms with van der Waals surface area (Å²) in [7, 11) is 2.02. The van der Waals surface area contributed by atoms with E-state index in [1.165, 1.54) is 0 Å². The monoisotopic (exact) mass is 129 g/mol. The van der Waals surface area contributed by atoms with Gasteiger partial charge in [-0.3, -0.25) is 4.90 Å². The standard InChI is InChI=1S/C6H13N2O/c1-8-3-2-7-4-6(8)5-9/h6,9H,2-5H2,1H3. The SMILES string of the molecule is CN1CC[N]CC1CO. The van der Waals surface area contributed by atoms with Gasteiger partial charge in [-0.05, 0) is 7.05 Å². The summed E-state index contributed by atoms with van der Waals surface area (Å²) in [4.78, 5) is 2.15. The molecule has 1 N–H and O–H groups in total. The number of aliphatic hydroxyl groups excluding tert-OH is 1. The van der Waals surface area contributed by atoms with E-state index in [1.54, 1.807) is 0 Å². The molecule has 53 valence electrons. The number of rotatable bonds is 1. The molecule has 1 radical (unpaired) electrons. The molecule has 0 aromatic heterocycles. The first-order chi connectivity index (χ1) is 4.34. The molecule has 1 fully saturated rings. The van der Waals surface area contributed by atoms with Crippen molar-refractivity contribution in [2.45, 2.75) is 6.04 Å². The Hall–Kier alpha value is -0.120. The molecule has 0 spiro atoms. The molecule has 3 nitrogen and oxygen atoms in total. The lowest BCUT2D eigenvalue weighted by Gasteiger charge is -2.30. The first-order valence-electron chi connectivity index (χ1n) is 3.29. The van der Waals surface area contributed by atoms with E-state index in [-0.39, 0.29) is 12.6 Å². The Bertz CT molecular complexity index is 87.1. The summed E-state index contributed by atoms with van der Waals surface area (Å²) in [6, 6.07) is 0.277. The molecule has 1 rings (SSSR count). The summed E-state index contributed by atoms with van der Waals surface area (Å²) < 4.78 is 0. The van der Waals surface area contributed by atoms with E-state index >= 15 is 0 Å². The van der Waals surface area contributed by atoms with E-state index in [0.717, 1.165) is 19.6 Å². The molecule has 0 saturated carbocycles. The van der Waals surface area contributed by atoms with Crippen LogP contribution in [0.3, 0.4) is 0 Å². The van der Waals surface area contributed by atoms with Crippen LogP contribution in [0.5, 0.6) is 0 Å². The van der Waals surface area contributed by atoms with Gasteiger partial charge in [-0.15, -0.1) is 0 Å². The minimum absolute atomic E-state index is 0.236. The van der Waals surface area contributed by atoms with Gasteiger partial charge < -0.3 is 5.11 Å². The third-order valence-corrected chi connectivity index (χ3v) is 1.78. The number of hydrogen-bond donors (Lipinski definition) is 1. The van der Waals surface area contributed by atoms with Crippen molar-refractivity contribution in [2.75, 3.05) is 33.3 Å². The summed E-state index contributed by atoms with van der Waals surface area (Å²) in [5, 5.41) is 12.9. The number of nitrogens with zero attached hydrogens (tertiary/aromatic N) is 2. The summed E-state index contributed by atoms with van der Waals surface area (Å²) in [6.07, 6.45) is 0. The van der Waals surface area contributed by atoms with E-state index in [4.69, 9.17) is 5.11 Å². The van der Waals surface area contributed by atoms with Crippen LogP contribution in [0.15, 0.2) is 0 Å². The second kappa shape index (κ2) is 3.15. The Morgan fingerprint density at radius 3 is 3.00 bits per heavy atom. The Labute approximate surface area is 55.7 Å². The number of piperazine rings is 1. The Balaban J connectivity index is 2.30. The quantitative estimate of drug-likeness (QED) is 0.488. The van der Waals surface area contributed by atoms with E-state index in [9.17, 15) is 0 Å². The first-order valence-corrected chi connectivity index (χ1v) is 3.29. The highest BCUT2D eigenvalue weighted by molar-refractivity contribution is 4.75. The van der Waals surface area contributed by atoms with Crippen LogP contribution in [-0.2, 0) is 0 Å². The van der Waals surface area contributed by atoms with Crippen molar-refractivity contribution in [3.63, 3.8) is 0 Å². The lowest BCUT2D eigenvalue weighted by molar-refractivity contribution is 0.123. The van der Waals surface area contributed by atoms with Crippen LogP contribution in [0.4, 0.5) is 0 Å².